The maximum absolute atomic E-state index is 8.93. The van der Waals surface area contributed by atoms with Crippen LogP contribution in [0.4, 0.5) is 5.13 Å². The number of rotatable bonds is 5. The van der Waals surface area contributed by atoms with E-state index in [1.165, 1.54) is 17.5 Å². The summed E-state index contributed by atoms with van der Waals surface area (Å²) in [5.41, 5.74) is 1.11. The first kappa shape index (κ1) is 14.8. The minimum atomic E-state index is 0.287. The zero-order chi connectivity index (χ0) is 14.7. The quantitative estimate of drug-likeness (QED) is 0.921. The average molecular weight is 305 g/mol. The number of fused-ring (bicyclic) bond motifs is 1. The van der Waals surface area contributed by atoms with Gasteiger partial charge in [0.1, 0.15) is 0 Å². The molecule has 2 aromatic rings. The van der Waals surface area contributed by atoms with Gasteiger partial charge in [-0.25, -0.2) is 4.98 Å². The second kappa shape index (κ2) is 6.73. The van der Waals surface area contributed by atoms with Gasteiger partial charge >= 0.3 is 0 Å². The molecule has 0 bridgehead atoms. The SMILES string of the molecule is CN(CCCO)C1CCN(c2nc3ccccc3s2)CC1. The highest BCUT2D eigenvalue weighted by Gasteiger charge is 2.23. The molecule has 114 valence electrons. The number of benzene rings is 1. The van der Waals surface area contributed by atoms with E-state index in [-0.39, 0.29) is 6.61 Å². The van der Waals surface area contributed by atoms with Crippen molar-refractivity contribution in [1.82, 2.24) is 9.88 Å². The van der Waals surface area contributed by atoms with Crippen LogP contribution >= 0.6 is 11.3 Å². The lowest BCUT2D eigenvalue weighted by molar-refractivity contribution is 0.184. The normalized spacial score (nSPS) is 17.0. The number of para-hydroxylation sites is 1. The smallest absolute Gasteiger partial charge is 0.186 e. The Labute approximate surface area is 130 Å². The Kier molecular flexibility index (Phi) is 4.73. The lowest BCUT2D eigenvalue weighted by Crippen LogP contribution is -2.43. The summed E-state index contributed by atoms with van der Waals surface area (Å²) in [6, 6.07) is 9.00. The van der Waals surface area contributed by atoms with Crippen molar-refractivity contribution in [2.24, 2.45) is 0 Å². The number of anilines is 1. The van der Waals surface area contributed by atoms with Crippen molar-refractivity contribution in [3.05, 3.63) is 24.3 Å². The van der Waals surface area contributed by atoms with Gasteiger partial charge in [-0.15, -0.1) is 0 Å². The van der Waals surface area contributed by atoms with E-state index >= 15 is 0 Å². The second-order valence-electron chi connectivity index (χ2n) is 5.74. The molecule has 4 nitrogen and oxygen atoms in total. The zero-order valence-electron chi connectivity index (χ0n) is 12.5. The van der Waals surface area contributed by atoms with Gasteiger partial charge in [-0.3, -0.25) is 0 Å². The molecule has 2 heterocycles. The number of aliphatic hydroxyl groups excluding tert-OH is 1. The van der Waals surface area contributed by atoms with E-state index in [1.54, 1.807) is 11.3 Å². The summed E-state index contributed by atoms with van der Waals surface area (Å²) < 4.78 is 1.27. The molecule has 1 saturated heterocycles. The molecule has 1 N–H and O–H groups in total. The minimum absolute atomic E-state index is 0.287. The largest absolute Gasteiger partial charge is 0.396 e. The summed E-state index contributed by atoms with van der Waals surface area (Å²) in [5.74, 6) is 0. The lowest BCUT2D eigenvalue weighted by atomic mass is 10.0. The van der Waals surface area contributed by atoms with Gasteiger partial charge in [0.15, 0.2) is 5.13 Å². The molecule has 0 aliphatic carbocycles. The molecule has 0 amide bonds. The Bertz CT molecular complexity index is 545. The molecule has 0 saturated carbocycles. The van der Waals surface area contributed by atoms with Gasteiger partial charge in [0.25, 0.3) is 0 Å². The van der Waals surface area contributed by atoms with Crippen LogP contribution in [-0.4, -0.2) is 54.3 Å². The van der Waals surface area contributed by atoms with Crippen molar-refractivity contribution in [2.75, 3.05) is 38.2 Å². The molecule has 1 aliphatic rings. The van der Waals surface area contributed by atoms with Gasteiger partial charge in [-0.1, -0.05) is 23.5 Å². The predicted octanol–water partition coefficient (Wildman–Crippen LogP) is 2.58. The number of hydrogen-bond donors (Lipinski definition) is 1. The van der Waals surface area contributed by atoms with Crippen LogP contribution in [0.1, 0.15) is 19.3 Å². The molecule has 3 rings (SSSR count). The van der Waals surface area contributed by atoms with E-state index in [4.69, 9.17) is 10.1 Å². The lowest BCUT2D eigenvalue weighted by Gasteiger charge is -2.36. The van der Waals surface area contributed by atoms with Crippen LogP contribution in [0, 0.1) is 0 Å². The van der Waals surface area contributed by atoms with Crippen LogP contribution < -0.4 is 4.90 Å². The first-order valence-electron chi connectivity index (χ1n) is 7.69. The summed E-state index contributed by atoms with van der Waals surface area (Å²) in [6.45, 7) is 3.43. The fourth-order valence-corrected chi connectivity index (χ4v) is 4.01. The fraction of sp³-hybridized carbons (Fsp3) is 0.562. The summed E-state index contributed by atoms with van der Waals surface area (Å²) in [7, 11) is 2.17. The number of aliphatic hydroxyl groups is 1. The Morgan fingerprint density at radius 1 is 1.33 bits per heavy atom. The number of piperidine rings is 1. The van der Waals surface area contributed by atoms with Crippen LogP contribution in [0.25, 0.3) is 10.2 Å². The van der Waals surface area contributed by atoms with Crippen molar-refractivity contribution in [1.29, 1.82) is 0 Å². The van der Waals surface area contributed by atoms with E-state index in [9.17, 15) is 0 Å². The molecule has 0 spiro atoms. The Hall–Kier alpha value is -1.17. The van der Waals surface area contributed by atoms with Gasteiger partial charge in [0.2, 0.25) is 0 Å². The third-order valence-electron chi connectivity index (χ3n) is 4.31. The molecule has 0 atom stereocenters. The van der Waals surface area contributed by atoms with Crippen LogP contribution in [-0.2, 0) is 0 Å². The monoisotopic (exact) mass is 305 g/mol. The summed E-state index contributed by atoms with van der Waals surface area (Å²) in [4.78, 5) is 9.57. The van der Waals surface area contributed by atoms with Crippen LogP contribution in [0.3, 0.4) is 0 Å². The minimum Gasteiger partial charge on any atom is -0.396 e. The molecule has 1 fully saturated rings. The number of hydrogen-bond acceptors (Lipinski definition) is 5. The Morgan fingerprint density at radius 3 is 2.81 bits per heavy atom. The number of thiazole rings is 1. The van der Waals surface area contributed by atoms with Crippen LogP contribution in [0.5, 0.6) is 0 Å². The van der Waals surface area contributed by atoms with Gasteiger partial charge in [-0.2, -0.15) is 0 Å². The molecule has 1 aromatic heterocycles. The molecule has 0 radical (unpaired) electrons. The van der Waals surface area contributed by atoms with E-state index in [1.807, 2.05) is 6.07 Å². The van der Waals surface area contributed by atoms with E-state index in [0.29, 0.717) is 6.04 Å². The Balaban J connectivity index is 1.60. The van der Waals surface area contributed by atoms with E-state index in [2.05, 4.69) is 35.0 Å². The van der Waals surface area contributed by atoms with Gasteiger partial charge < -0.3 is 14.9 Å². The van der Waals surface area contributed by atoms with Crippen molar-refractivity contribution in [3.63, 3.8) is 0 Å². The summed E-state index contributed by atoms with van der Waals surface area (Å²) in [6.07, 6.45) is 3.23. The first-order chi connectivity index (χ1) is 10.3. The molecule has 1 aromatic carbocycles. The third-order valence-corrected chi connectivity index (χ3v) is 5.41. The van der Waals surface area contributed by atoms with Crippen LogP contribution in [0.15, 0.2) is 24.3 Å². The topological polar surface area (TPSA) is 39.6 Å². The molecular weight excluding hydrogens is 282 g/mol. The first-order valence-corrected chi connectivity index (χ1v) is 8.51. The maximum Gasteiger partial charge on any atom is 0.186 e. The average Bonchev–Trinajstić information content (AvgIpc) is 2.96. The number of aromatic nitrogens is 1. The fourth-order valence-electron chi connectivity index (χ4n) is 3.00. The maximum atomic E-state index is 8.93. The summed E-state index contributed by atoms with van der Waals surface area (Å²) >= 11 is 1.80. The predicted molar refractivity (Wildman–Crippen MR) is 89.2 cm³/mol. The summed E-state index contributed by atoms with van der Waals surface area (Å²) in [5, 5.41) is 10.1. The molecule has 5 heteroatoms. The van der Waals surface area contributed by atoms with Crippen molar-refractivity contribution in [2.45, 2.75) is 25.3 Å². The van der Waals surface area contributed by atoms with Gasteiger partial charge in [0.05, 0.1) is 10.2 Å². The highest BCUT2D eigenvalue weighted by molar-refractivity contribution is 7.22. The standard InChI is InChI=1S/C16H23N3OS/c1-18(9-4-12-20)13-7-10-19(11-8-13)16-17-14-5-2-3-6-15(14)21-16/h2-3,5-6,13,20H,4,7-12H2,1H3. The van der Waals surface area contributed by atoms with E-state index in [0.717, 1.165) is 36.7 Å². The highest BCUT2D eigenvalue weighted by Crippen LogP contribution is 2.30. The third kappa shape index (κ3) is 3.36. The number of nitrogens with zero attached hydrogens (tertiary/aromatic N) is 3. The van der Waals surface area contributed by atoms with Crippen molar-refractivity contribution < 1.29 is 5.11 Å². The zero-order valence-corrected chi connectivity index (χ0v) is 13.4. The van der Waals surface area contributed by atoms with Crippen LogP contribution in [0.2, 0.25) is 0 Å². The van der Waals surface area contributed by atoms with Gasteiger partial charge in [0, 0.05) is 32.3 Å². The van der Waals surface area contributed by atoms with E-state index < -0.39 is 0 Å². The van der Waals surface area contributed by atoms with Crippen molar-refractivity contribution in [3.8, 4) is 0 Å². The second-order valence-corrected chi connectivity index (χ2v) is 6.75. The van der Waals surface area contributed by atoms with Crippen molar-refractivity contribution >= 4 is 26.7 Å². The molecule has 21 heavy (non-hydrogen) atoms. The van der Waals surface area contributed by atoms with Gasteiger partial charge in [-0.05, 0) is 38.4 Å². The molecular formula is C16H23N3OS. The molecule has 1 aliphatic heterocycles. The Morgan fingerprint density at radius 2 is 2.10 bits per heavy atom. The molecule has 0 unspecified atom stereocenters. The highest BCUT2D eigenvalue weighted by atomic mass is 32.1.